The monoisotopic (exact) mass is 233 g/mol. The van der Waals surface area contributed by atoms with E-state index >= 15 is 0 Å². The van der Waals surface area contributed by atoms with Crippen molar-refractivity contribution >= 4 is 11.0 Å². The van der Waals surface area contributed by atoms with Gasteiger partial charge in [0.25, 0.3) is 0 Å². The second kappa shape index (κ2) is 5.82. The molecule has 0 amide bonds. The molecule has 0 spiro atoms. The molecule has 4 heteroatoms. The second-order valence-electron chi connectivity index (χ2n) is 4.21. The van der Waals surface area contributed by atoms with Gasteiger partial charge in [-0.05, 0) is 24.6 Å². The average Bonchev–Trinajstić information content (AvgIpc) is 2.78. The molecular formula is C13H19N3O. The largest absolute Gasteiger partial charge is 0.464 e. The first kappa shape index (κ1) is 12.1. The van der Waals surface area contributed by atoms with Crippen molar-refractivity contribution in [2.24, 2.45) is 11.5 Å². The lowest BCUT2D eigenvalue weighted by atomic mass is 10.1. The van der Waals surface area contributed by atoms with Crippen LogP contribution in [-0.2, 0) is 6.42 Å². The maximum absolute atomic E-state index is 5.72. The molecule has 2 aromatic rings. The molecule has 0 saturated carbocycles. The van der Waals surface area contributed by atoms with E-state index < -0.39 is 0 Å². The molecular weight excluding hydrogens is 214 g/mol. The van der Waals surface area contributed by atoms with Crippen molar-refractivity contribution in [2.75, 3.05) is 19.6 Å². The molecule has 0 radical (unpaired) electrons. The highest BCUT2D eigenvalue weighted by Crippen LogP contribution is 2.20. The van der Waals surface area contributed by atoms with Crippen LogP contribution in [0.3, 0.4) is 0 Å². The van der Waals surface area contributed by atoms with Gasteiger partial charge in [0.1, 0.15) is 5.58 Å². The molecule has 92 valence electrons. The standard InChI is InChI=1S/C13H19N3O/c14-7-11(15)8-16-6-5-10-9-17-13-4-2-1-3-12(10)13/h1-4,9,11,16H,5-8,14-15H2. The molecule has 0 fully saturated rings. The van der Waals surface area contributed by atoms with Crippen LogP contribution in [0.15, 0.2) is 34.9 Å². The lowest BCUT2D eigenvalue weighted by Crippen LogP contribution is -2.40. The molecule has 17 heavy (non-hydrogen) atoms. The molecule has 0 aliphatic carbocycles. The third kappa shape index (κ3) is 3.06. The molecule has 4 nitrogen and oxygen atoms in total. The number of furan rings is 1. The topological polar surface area (TPSA) is 77.2 Å². The number of hydrogen-bond donors (Lipinski definition) is 3. The third-order valence-corrected chi connectivity index (χ3v) is 2.84. The summed E-state index contributed by atoms with van der Waals surface area (Å²) < 4.78 is 5.48. The zero-order chi connectivity index (χ0) is 12.1. The fourth-order valence-corrected chi connectivity index (χ4v) is 1.82. The maximum Gasteiger partial charge on any atom is 0.134 e. The first-order valence-electron chi connectivity index (χ1n) is 5.92. The molecule has 1 unspecified atom stereocenters. The highest BCUT2D eigenvalue weighted by Gasteiger charge is 2.04. The Bertz CT molecular complexity index is 466. The second-order valence-corrected chi connectivity index (χ2v) is 4.21. The Morgan fingerprint density at radius 2 is 2.12 bits per heavy atom. The van der Waals surface area contributed by atoms with Crippen molar-refractivity contribution in [1.82, 2.24) is 5.32 Å². The Labute approximate surface area is 101 Å². The van der Waals surface area contributed by atoms with E-state index in [1.54, 1.807) is 0 Å². The summed E-state index contributed by atoms with van der Waals surface area (Å²) in [5.41, 5.74) is 13.3. The molecule has 1 atom stereocenters. The summed E-state index contributed by atoms with van der Waals surface area (Å²) in [4.78, 5) is 0. The maximum atomic E-state index is 5.72. The Kier molecular flexibility index (Phi) is 4.14. The van der Waals surface area contributed by atoms with Crippen molar-refractivity contribution in [1.29, 1.82) is 0 Å². The Hall–Kier alpha value is -1.36. The van der Waals surface area contributed by atoms with Crippen LogP contribution >= 0.6 is 0 Å². The van der Waals surface area contributed by atoms with Crippen molar-refractivity contribution in [2.45, 2.75) is 12.5 Å². The van der Waals surface area contributed by atoms with E-state index in [-0.39, 0.29) is 6.04 Å². The first-order chi connectivity index (χ1) is 8.31. The van der Waals surface area contributed by atoms with Gasteiger partial charge in [-0.1, -0.05) is 18.2 Å². The average molecular weight is 233 g/mol. The van der Waals surface area contributed by atoms with Crippen LogP contribution in [0.5, 0.6) is 0 Å². The first-order valence-corrected chi connectivity index (χ1v) is 5.92. The fraction of sp³-hybridized carbons (Fsp3) is 0.385. The van der Waals surface area contributed by atoms with Gasteiger partial charge in [0.05, 0.1) is 6.26 Å². The Morgan fingerprint density at radius 1 is 1.29 bits per heavy atom. The minimum atomic E-state index is 0.0380. The van der Waals surface area contributed by atoms with Gasteiger partial charge < -0.3 is 21.2 Å². The van der Waals surface area contributed by atoms with E-state index in [9.17, 15) is 0 Å². The number of benzene rings is 1. The summed E-state index contributed by atoms with van der Waals surface area (Å²) in [5, 5.41) is 4.48. The molecule has 5 N–H and O–H groups in total. The molecule has 1 heterocycles. The van der Waals surface area contributed by atoms with Crippen LogP contribution in [0.4, 0.5) is 0 Å². The summed E-state index contributed by atoms with van der Waals surface area (Å²) in [5.74, 6) is 0. The van der Waals surface area contributed by atoms with Crippen LogP contribution in [0.25, 0.3) is 11.0 Å². The number of nitrogens with two attached hydrogens (primary N) is 2. The number of nitrogens with one attached hydrogen (secondary N) is 1. The van der Waals surface area contributed by atoms with Gasteiger partial charge in [-0.25, -0.2) is 0 Å². The fourth-order valence-electron chi connectivity index (χ4n) is 1.82. The van der Waals surface area contributed by atoms with Crippen LogP contribution < -0.4 is 16.8 Å². The van der Waals surface area contributed by atoms with Crippen molar-refractivity contribution in [3.63, 3.8) is 0 Å². The van der Waals surface area contributed by atoms with E-state index in [1.165, 1.54) is 10.9 Å². The smallest absolute Gasteiger partial charge is 0.134 e. The van der Waals surface area contributed by atoms with Gasteiger partial charge in [-0.3, -0.25) is 0 Å². The van der Waals surface area contributed by atoms with E-state index in [2.05, 4.69) is 11.4 Å². The van der Waals surface area contributed by atoms with Crippen molar-refractivity contribution in [3.05, 3.63) is 36.1 Å². The zero-order valence-corrected chi connectivity index (χ0v) is 9.86. The highest BCUT2D eigenvalue weighted by molar-refractivity contribution is 5.80. The minimum absolute atomic E-state index is 0.0380. The van der Waals surface area contributed by atoms with Gasteiger partial charge in [-0.15, -0.1) is 0 Å². The van der Waals surface area contributed by atoms with Crippen LogP contribution in [0, 0.1) is 0 Å². The molecule has 2 rings (SSSR count). The molecule has 0 aliphatic rings. The molecule has 0 aliphatic heterocycles. The number of para-hydroxylation sites is 1. The summed E-state index contributed by atoms with van der Waals surface area (Å²) in [6.07, 6.45) is 2.77. The lowest BCUT2D eigenvalue weighted by Gasteiger charge is -2.09. The van der Waals surface area contributed by atoms with Gasteiger partial charge >= 0.3 is 0 Å². The number of hydrogen-bond acceptors (Lipinski definition) is 4. The summed E-state index contributed by atoms with van der Waals surface area (Å²) >= 11 is 0. The SMILES string of the molecule is NCC(N)CNCCc1coc2ccccc12. The van der Waals surface area contributed by atoms with Crippen LogP contribution in [-0.4, -0.2) is 25.7 Å². The van der Waals surface area contributed by atoms with E-state index in [4.69, 9.17) is 15.9 Å². The highest BCUT2D eigenvalue weighted by atomic mass is 16.3. The molecule has 0 saturated heterocycles. The van der Waals surface area contributed by atoms with Gasteiger partial charge in [0.2, 0.25) is 0 Å². The predicted molar refractivity (Wildman–Crippen MR) is 69.8 cm³/mol. The van der Waals surface area contributed by atoms with E-state index in [0.29, 0.717) is 6.54 Å². The summed E-state index contributed by atoms with van der Waals surface area (Å²) in [6, 6.07) is 8.11. The summed E-state index contributed by atoms with van der Waals surface area (Å²) in [6.45, 7) is 2.16. The van der Waals surface area contributed by atoms with Gasteiger partial charge in [0, 0.05) is 24.5 Å². The van der Waals surface area contributed by atoms with Crippen molar-refractivity contribution in [3.8, 4) is 0 Å². The third-order valence-electron chi connectivity index (χ3n) is 2.84. The van der Waals surface area contributed by atoms with E-state index in [1.807, 2.05) is 24.5 Å². The van der Waals surface area contributed by atoms with Crippen LogP contribution in [0.1, 0.15) is 5.56 Å². The van der Waals surface area contributed by atoms with Crippen LogP contribution in [0.2, 0.25) is 0 Å². The van der Waals surface area contributed by atoms with Crippen molar-refractivity contribution < 1.29 is 4.42 Å². The number of rotatable bonds is 6. The number of fused-ring (bicyclic) bond motifs is 1. The predicted octanol–water partition coefficient (Wildman–Crippen LogP) is 0.851. The quantitative estimate of drug-likeness (QED) is 0.646. The Morgan fingerprint density at radius 3 is 2.94 bits per heavy atom. The molecule has 1 aromatic carbocycles. The van der Waals surface area contributed by atoms with Gasteiger partial charge in [0.15, 0.2) is 0 Å². The summed E-state index contributed by atoms with van der Waals surface area (Å²) in [7, 11) is 0. The zero-order valence-electron chi connectivity index (χ0n) is 9.86. The van der Waals surface area contributed by atoms with E-state index in [0.717, 1.165) is 25.1 Å². The molecule has 0 bridgehead atoms. The normalized spacial score (nSPS) is 13.1. The Balaban J connectivity index is 1.87. The lowest BCUT2D eigenvalue weighted by molar-refractivity contribution is 0.577. The molecule has 1 aromatic heterocycles. The van der Waals surface area contributed by atoms with Gasteiger partial charge in [-0.2, -0.15) is 0 Å². The minimum Gasteiger partial charge on any atom is -0.464 e.